The fourth-order valence-corrected chi connectivity index (χ4v) is 3.75. The second-order valence-electron chi connectivity index (χ2n) is 7.23. The van der Waals surface area contributed by atoms with Gasteiger partial charge in [-0.25, -0.2) is 4.90 Å². The van der Waals surface area contributed by atoms with Crippen molar-refractivity contribution in [2.75, 3.05) is 48.5 Å². The maximum absolute atomic E-state index is 12.9. The van der Waals surface area contributed by atoms with Gasteiger partial charge in [-0.2, -0.15) is 0 Å². The maximum atomic E-state index is 12.9. The van der Waals surface area contributed by atoms with Gasteiger partial charge in [0.1, 0.15) is 17.5 Å². The molecule has 2 aromatic rings. The number of nitro groups is 1. The summed E-state index contributed by atoms with van der Waals surface area (Å²) in [5, 5.41) is 14.5. The van der Waals surface area contributed by atoms with Crippen LogP contribution in [0.15, 0.2) is 42.5 Å². The van der Waals surface area contributed by atoms with Gasteiger partial charge in [0.25, 0.3) is 11.6 Å². The molecule has 1 N–H and O–H groups in total. The van der Waals surface area contributed by atoms with E-state index < -0.39 is 22.8 Å². The van der Waals surface area contributed by atoms with E-state index in [-0.39, 0.29) is 23.5 Å². The molecule has 0 radical (unpaired) electrons. The van der Waals surface area contributed by atoms with Crippen LogP contribution in [0.5, 0.6) is 5.75 Å². The second-order valence-corrected chi connectivity index (χ2v) is 7.23. The number of methoxy groups -OCH3 is 1. The lowest BCUT2D eigenvalue weighted by atomic mass is 10.2. The summed E-state index contributed by atoms with van der Waals surface area (Å²) in [7, 11) is 1.38. The Kier molecular flexibility index (Phi) is 5.72. The molecule has 10 heteroatoms. The summed E-state index contributed by atoms with van der Waals surface area (Å²) >= 11 is 0. The molecule has 0 saturated carbocycles. The van der Waals surface area contributed by atoms with Gasteiger partial charge in [0.05, 0.1) is 37.7 Å². The molecule has 10 nitrogen and oxygen atoms in total. The fraction of sp³-hybridized carbons (Fsp3) is 0.333. The first-order valence-electron chi connectivity index (χ1n) is 9.86. The summed E-state index contributed by atoms with van der Waals surface area (Å²) in [6, 6.07) is 10.8. The van der Waals surface area contributed by atoms with E-state index in [2.05, 4.69) is 10.2 Å². The molecule has 2 aliphatic heterocycles. The average Bonchev–Trinajstić information content (AvgIpc) is 3.07. The van der Waals surface area contributed by atoms with Crippen molar-refractivity contribution < 1.29 is 24.0 Å². The zero-order chi connectivity index (χ0) is 22.0. The van der Waals surface area contributed by atoms with Crippen molar-refractivity contribution in [2.45, 2.75) is 12.5 Å². The number of nitro benzene ring substituents is 1. The quantitative estimate of drug-likeness (QED) is 0.425. The zero-order valence-electron chi connectivity index (χ0n) is 16.9. The Morgan fingerprint density at radius 2 is 1.84 bits per heavy atom. The van der Waals surface area contributed by atoms with Crippen LogP contribution in [0.3, 0.4) is 0 Å². The summed E-state index contributed by atoms with van der Waals surface area (Å²) in [6.45, 7) is 3.01. The molecule has 2 aromatic carbocycles. The summed E-state index contributed by atoms with van der Waals surface area (Å²) < 4.78 is 10.4. The van der Waals surface area contributed by atoms with Crippen LogP contribution in [0, 0.1) is 10.1 Å². The Labute approximate surface area is 178 Å². The minimum atomic E-state index is -0.802. The van der Waals surface area contributed by atoms with E-state index in [0.29, 0.717) is 18.9 Å². The molecule has 2 aliphatic rings. The largest absolute Gasteiger partial charge is 0.496 e. The molecule has 1 atom stereocenters. The molecule has 2 amide bonds. The summed E-state index contributed by atoms with van der Waals surface area (Å²) in [4.78, 5) is 39.4. The van der Waals surface area contributed by atoms with Crippen molar-refractivity contribution in [2.24, 2.45) is 0 Å². The first kappa shape index (κ1) is 20.6. The summed E-state index contributed by atoms with van der Waals surface area (Å²) in [5.74, 6) is -0.763. The molecular formula is C21H22N4O6. The van der Waals surface area contributed by atoms with Gasteiger partial charge in [-0.3, -0.25) is 19.7 Å². The van der Waals surface area contributed by atoms with Gasteiger partial charge in [-0.05, 0) is 36.4 Å². The van der Waals surface area contributed by atoms with Gasteiger partial charge >= 0.3 is 0 Å². The minimum Gasteiger partial charge on any atom is -0.496 e. The van der Waals surface area contributed by atoms with Crippen molar-refractivity contribution >= 4 is 34.6 Å². The van der Waals surface area contributed by atoms with Crippen LogP contribution in [0.2, 0.25) is 0 Å². The molecule has 162 valence electrons. The van der Waals surface area contributed by atoms with Crippen LogP contribution >= 0.6 is 0 Å². The van der Waals surface area contributed by atoms with E-state index in [1.54, 1.807) is 0 Å². The number of morpholine rings is 1. The lowest BCUT2D eigenvalue weighted by Crippen LogP contribution is -2.36. The van der Waals surface area contributed by atoms with Crippen molar-refractivity contribution in [1.82, 2.24) is 0 Å². The lowest BCUT2D eigenvalue weighted by molar-refractivity contribution is -0.384. The number of anilines is 3. The van der Waals surface area contributed by atoms with Crippen LogP contribution in [0.4, 0.5) is 22.7 Å². The molecule has 0 aromatic heterocycles. The first-order chi connectivity index (χ1) is 15.0. The Bertz CT molecular complexity index is 1000. The van der Waals surface area contributed by atoms with E-state index in [0.717, 1.165) is 23.7 Å². The highest BCUT2D eigenvalue weighted by Gasteiger charge is 2.42. The highest BCUT2D eigenvalue weighted by Crippen LogP contribution is 2.35. The van der Waals surface area contributed by atoms with Gasteiger partial charge in [0.2, 0.25) is 5.91 Å². The van der Waals surface area contributed by atoms with Crippen molar-refractivity contribution in [1.29, 1.82) is 0 Å². The summed E-state index contributed by atoms with van der Waals surface area (Å²) in [5.41, 5.74) is 1.32. The fourth-order valence-electron chi connectivity index (χ4n) is 3.75. The highest BCUT2D eigenvalue weighted by atomic mass is 16.6. The van der Waals surface area contributed by atoms with Gasteiger partial charge < -0.3 is 19.7 Å². The molecule has 0 bridgehead atoms. The Hall–Kier alpha value is -3.66. The van der Waals surface area contributed by atoms with Crippen molar-refractivity contribution in [3.63, 3.8) is 0 Å². The predicted molar refractivity (Wildman–Crippen MR) is 114 cm³/mol. The number of hydrogen-bond donors (Lipinski definition) is 1. The molecule has 2 saturated heterocycles. The number of carbonyl (C=O) groups is 2. The molecule has 2 fully saturated rings. The Morgan fingerprint density at radius 1 is 1.13 bits per heavy atom. The molecule has 0 spiro atoms. The molecular weight excluding hydrogens is 404 g/mol. The number of nitrogens with one attached hydrogen (secondary N) is 1. The minimum absolute atomic E-state index is 0.0623. The SMILES string of the molecule is COc1ccc(N2C(=O)CC(Nc3ccc(N4CCOCC4)cc3)C2=O)c([N+](=O)[O-])c1. The number of benzene rings is 2. The van der Waals surface area contributed by atoms with Gasteiger partial charge in [0, 0.05) is 24.5 Å². The van der Waals surface area contributed by atoms with Crippen LogP contribution in [0.1, 0.15) is 6.42 Å². The van der Waals surface area contributed by atoms with Gasteiger partial charge in [-0.15, -0.1) is 0 Å². The third-order valence-electron chi connectivity index (χ3n) is 5.35. The number of nitrogens with zero attached hydrogens (tertiary/aromatic N) is 3. The first-order valence-corrected chi connectivity index (χ1v) is 9.86. The van der Waals surface area contributed by atoms with E-state index >= 15 is 0 Å². The third kappa shape index (κ3) is 4.15. The Balaban J connectivity index is 1.51. The predicted octanol–water partition coefficient (Wildman–Crippen LogP) is 2.18. The Morgan fingerprint density at radius 3 is 2.48 bits per heavy atom. The van der Waals surface area contributed by atoms with E-state index in [1.807, 2.05) is 24.3 Å². The zero-order valence-corrected chi connectivity index (χ0v) is 16.9. The molecule has 1 unspecified atom stereocenters. The molecule has 31 heavy (non-hydrogen) atoms. The van der Waals surface area contributed by atoms with Crippen LogP contribution in [-0.4, -0.2) is 56.2 Å². The molecule has 4 rings (SSSR count). The smallest absolute Gasteiger partial charge is 0.297 e. The van der Waals surface area contributed by atoms with Crippen molar-refractivity contribution in [3.05, 3.63) is 52.6 Å². The van der Waals surface area contributed by atoms with E-state index in [4.69, 9.17) is 9.47 Å². The van der Waals surface area contributed by atoms with Crippen LogP contribution < -0.4 is 19.9 Å². The average molecular weight is 426 g/mol. The summed E-state index contributed by atoms with van der Waals surface area (Å²) in [6.07, 6.45) is -0.0900. The van der Waals surface area contributed by atoms with Gasteiger partial charge in [-0.1, -0.05) is 0 Å². The van der Waals surface area contributed by atoms with E-state index in [9.17, 15) is 19.7 Å². The topological polar surface area (TPSA) is 114 Å². The number of carbonyl (C=O) groups excluding carboxylic acids is 2. The monoisotopic (exact) mass is 426 g/mol. The number of imide groups is 1. The van der Waals surface area contributed by atoms with Crippen molar-refractivity contribution in [3.8, 4) is 5.75 Å². The van der Waals surface area contributed by atoms with E-state index in [1.165, 1.54) is 25.3 Å². The number of ether oxygens (including phenoxy) is 2. The highest BCUT2D eigenvalue weighted by molar-refractivity contribution is 6.24. The lowest BCUT2D eigenvalue weighted by Gasteiger charge is -2.29. The van der Waals surface area contributed by atoms with Crippen LogP contribution in [-0.2, 0) is 14.3 Å². The standard InChI is InChI=1S/C21H22N4O6/c1-30-16-6-7-18(19(12-16)25(28)29)24-20(26)13-17(21(24)27)22-14-2-4-15(5-3-14)23-8-10-31-11-9-23/h2-7,12,17,22H,8-11,13H2,1H3. The normalized spacial score (nSPS) is 18.9. The van der Waals surface area contributed by atoms with Crippen LogP contribution in [0.25, 0.3) is 0 Å². The molecule has 2 heterocycles. The second kappa shape index (κ2) is 8.60. The maximum Gasteiger partial charge on any atom is 0.297 e. The third-order valence-corrected chi connectivity index (χ3v) is 5.35. The number of hydrogen-bond acceptors (Lipinski definition) is 8. The molecule has 0 aliphatic carbocycles. The van der Waals surface area contributed by atoms with Gasteiger partial charge in [0.15, 0.2) is 0 Å². The number of rotatable bonds is 6. The number of amides is 2.